The maximum absolute atomic E-state index is 12.8. The van der Waals surface area contributed by atoms with E-state index < -0.39 is 0 Å². The lowest BCUT2D eigenvalue weighted by molar-refractivity contribution is -0.136. The minimum absolute atomic E-state index is 0.157. The normalized spacial score (nSPS) is 17.5. The fraction of sp³-hybridized carbons (Fsp3) is 0.500. The number of aliphatic imine (C=N–C) groups is 1. The zero-order valence-corrected chi connectivity index (χ0v) is 20.4. The van der Waals surface area contributed by atoms with Crippen LogP contribution in [0.25, 0.3) is 0 Å². The van der Waals surface area contributed by atoms with Gasteiger partial charge in [-0.15, -0.1) is 0 Å². The number of amidine groups is 1. The molecule has 2 aliphatic carbocycles. The zero-order chi connectivity index (χ0) is 24.6. The van der Waals surface area contributed by atoms with E-state index in [1.54, 1.807) is 37.5 Å². The number of carbonyl (C=O) groups is 2. The molecule has 0 radical (unpaired) electrons. The number of nitrogens with one attached hydrogen (secondary N) is 2. The van der Waals surface area contributed by atoms with Gasteiger partial charge in [0, 0.05) is 32.3 Å². The number of carbonyl (C=O) groups excluding carboxylic acids is 2. The van der Waals surface area contributed by atoms with Crippen molar-refractivity contribution in [2.75, 3.05) is 18.9 Å². The van der Waals surface area contributed by atoms with Gasteiger partial charge in [0.05, 0.1) is 0 Å². The molecule has 2 aromatic heterocycles. The van der Waals surface area contributed by atoms with E-state index in [1.165, 1.54) is 25.7 Å². The summed E-state index contributed by atoms with van der Waals surface area (Å²) >= 11 is 0. The van der Waals surface area contributed by atoms with Gasteiger partial charge < -0.3 is 15.6 Å². The van der Waals surface area contributed by atoms with E-state index in [0.717, 1.165) is 43.2 Å². The Morgan fingerprint density at radius 2 is 1.80 bits per heavy atom. The third-order valence-corrected chi connectivity index (χ3v) is 6.94. The second kappa shape index (κ2) is 11.9. The molecule has 186 valence electrons. The van der Waals surface area contributed by atoms with Crippen molar-refractivity contribution in [1.82, 2.24) is 20.3 Å². The molecule has 3 heterocycles. The van der Waals surface area contributed by atoms with Crippen molar-refractivity contribution in [3.8, 4) is 0 Å². The summed E-state index contributed by atoms with van der Waals surface area (Å²) in [7, 11) is 1.60. The molecule has 0 spiro atoms. The highest BCUT2D eigenvalue weighted by molar-refractivity contribution is 6.03. The molecule has 0 bridgehead atoms. The number of nitrogens with zero attached hydrogens (tertiary/aromatic N) is 4. The van der Waals surface area contributed by atoms with Crippen LogP contribution >= 0.6 is 0 Å². The molecular formula is C26H35N7O2. The Hall–Kier alpha value is -3.33. The molecule has 1 aliphatic heterocycles. The smallest absolute Gasteiger partial charge is 0.275 e. The van der Waals surface area contributed by atoms with Gasteiger partial charge in [-0.1, -0.05) is 44.6 Å². The SMILES string of the molecule is C1CCC1.CN=C(NN)c1cccc(NC(=O)c2cc3c(cn2)CCN(C(=O)C2CCCC2)C3)n1. The monoisotopic (exact) mass is 477 g/mol. The fourth-order valence-electron chi connectivity index (χ4n) is 4.50. The fourth-order valence-corrected chi connectivity index (χ4v) is 4.50. The average molecular weight is 478 g/mol. The number of fused-ring (bicyclic) bond motifs is 1. The lowest BCUT2D eigenvalue weighted by Gasteiger charge is -2.31. The lowest BCUT2D eigenvalue weighted by atomic mass is 9.98. The molecule has 0 unspecified atom stereocenters. The highest BCUT2D eigenvalue weighted by Crippen LogP contribution is 2.29. The van der Waals surface area contributed by atoms with Crippen molar-refractivity contribution < 1.29 is 9.59 Å². The van der Waals surface area contributed by atoms with E-state index in [-0.39, 0.29) is 17.7 Å². The number of anilines is 1. The molecule has 4 N–H and O–H groups in total. The number of nitrogens with two attached hydrogens (primary N) is 1. The highest BCUT2D eigenvalue weighted by Gasteiger charge is 2.29. The van der Waals surface area contributed by atoms with Crippen molar-refractivity contribution in [2.24, 2.45) is 16.8 Å². The van der Waals surface area contributed by atoms with Gasteiger partial charge in [-0.3, -0.25) is 19.6 Å². The first kappa shape index (κ1) is 24.8. The van der Waals surface area contributed by atoms with Gasteiger partial charge in [0.1, 0.15) is 17.2 Å². The first-order valence-corrected chi connectivity index (χ1v) is 12.6. The molecule has 3 aliphatic rings. The number of hydrogen-bond acceptors (Lipinski definition) is 6. The largest absolute Gasteiger partial charge is 0.338 e. The lowest BCUT2D eigenvalue weighted by Crippen LogP contribution is -2.39. The summed E-state index contributed by atoms with van der Waals surface area (Å²) in [5, 5.41) is 2.77. The summed E-state index contributed by atoms with van der Waals surface area (Å²) in [6.45, 7) is 1.24. The summed E-state index contributed by atoms with van der Waals surface area (Å²) in [5.74, 6) is 6.27. The maximum atomic E-state index is 12.8. The second-order valence-electron chi connectivity index (χ2n) is 9.32. The van der Waals surface area contributed by atoms with E-state index in [4.69, 9.17) is 5.84 Å². The van der Waals surface area contributed by atoms with Gasteiger partial charge in [0.2, 0.25) is 5.91 Å². The van der Waals surface area contributed by atoms with Crippen LogP contribution in [0.5, 0.6) is 0 Å². The Morgan fingerprint density at radius 1 is 1.06 bits per heavy atom. The number of hydrogen-bond donors (Lipinski definition) is 3. The Morgan fingerprint density at radius 3 is 2.46 bits per heavy atom. The molecule has 2 amide bonds. The van der Waals surface area contributed by atoms with E-state index in [9.17, 15) is 9.59 Å². The third-order valence-electron chi connectivity index (χ3n) is 6.94. The molecule has 2 aromatic rings. The van der Waals surface area contributed by atoms with Gasteiger partial charge in [0.15, 0.2) is 5.84 Å². The Kier molecular flexibility index (Phi) is 8.41. The Labute approximate surface area is 206 Å². The molecule has 9 heteroatoms. The van der Waals surface area contributed by atoms with E-state index >= 15 is 0 Å². The van der Waals surface area contributed by atoms with Gasteiger partial charge in [0.25, 0.3) is 5.91 Å². The molecule has 0 saturated heterocycles. The first-order valence-electron chi connectivity index (χ1n) is 12.6. The predicted molar refractivity (Wildman–Crippen MR) is 136 cm³/mol. The van der Waals surface area contributed by atoms with Crippen molar-refractivity contribution >= 4 is 23.5 Å². The van der Waals surface area contributed by atoms with Crippen LogP contribution in [0.4, 0.5) is 5.82 Å². The Balaban J connectivity index is 0.000000656. The number of pyridine rings is 2. The molecule has 2 fully saturated rings. The minimum Gasteiger partial charge on any atom is -0.338 e. The minimum atomic E-state index is -0.359. The van der Waals surface area contributed by atoms with Gasteiger partial charge >= 0.3 is 0 Å². The van der Waals surface area contributed by atoms with Crippen LogP contribution < -0.4 is 16.6 Å². The third kappa shape index (κ3) is 6.22. The van der Waals surface area contributed by atoms with Crippen LogP contribution in [-0.4, -0.2) is 46.1 Å². The first-order chi connectivity index (χ1) is 17.1. The topological polar surface area (TPSA) is 126 Å². The van der Waals surface area contributed by atoms with Crippen LogP contribution in [0.3, 0.4) is 0 Å². The average Bonchev–Trinajstić information content (AvgIpc) is 3.38. The van der Waals surface area contributed by atoms with Crippen LogP contribution in [-0.2, 0) is 17.8 Å². The van der Waals surface area contributed by atoms with Crippen molar-refractivity contribution in [1.29, 1.82) is 0 Å². The molecule has 35 heavy (non-hydrogen) atoms. The van der Waals surface area contributed by atoms with Crippen molar-refractivity contribution in [3.63, 3.8) is 0 Å². The summed E-state index contributed by atoms with van der Waals surface area (Å²) in [4.78, 5) is 40.2. The number of amides is 2. The van der Waals surface area contributed by atoms with Gasteiger partial charge in [-0.25, -0.2) is 10.8 Å². The standard InChI is InChI=1S/C22H27N7O2.C4H8/c1-24-20(28-23)17-7-4-8-19(26-17)27-21(30)18-11-16-13-29(10-9-15(16)12-25-18)22(31)14-5-2-3-6-14;1-2-4-3-1/h4,7-8,11-12,14H,2-3,5-6,9-10,13,23H2,1H3,(H,24,28)(H,26,27,30);1-4H2. The summed E-state index contributed by atoms with van der Waals surface area (Å²) in [5.41, 5.74) is 5.35. The molecule has 0 atom stereocenters. The molecule has 9 nitrogen and oxygen atoms in total. The molecule has 2 saturated carbocycles. The predicted octanol–water partition coefficient (Wildman–Crippen LogP) is 3.20. The van der Waals surface area contributed by atoms with E-state index in [0.29, 0.717) is 36.1 Å². The number of hydrazine groups is 1. The van der Waals surface area contributed by atoms with Crippen molar-refractivity contribution in [2.45, 2.75) is 64.3 Å². The highest BCUT2D eigenvalue weighted by atomic mass is 16.2. The summed E-state index contributed by atoms with van der Waals surface area (Å²) < 4.78 is 0. The van der Waals surface area contributed by atoms with Crippen LogP contribution in [0.1, 0.15) is 78.7 Å². The summed E-state index contributed by atoms with van der Waals surface area (Å²) in [6.07, 6.45) is 12.8. The second-order valence-corrected chi connectivity index (χ2v) is 9.32. The van der Waals surface area contributed by atoms with E-state index in [1.807, 2.05) is 4.90 Å². The van der Waals surface area contributed by atoms with Gasteiger partial charge in [-0.05, 0) is 48.6 Å². The maximum Gasteiger partial charge on any atom is 0.275 e. The molecule has 5 rings (SSSR count). The molecular weight excluding hydrogens is 442 g/mol. The quantitative estimate of drug-likeness (QED) is 0.269. The van der Waals surface area contributed by atoms with Crippen LogP contribution in [0.15, 0.2) is 35.5 Å². The molecule has 0 aromatic carbocycles. The number of rotatable bonds is 4. The van der Waals surface area contributed by atoms with Crippen LogP contribution in [0.2, 0.25) is 0 Å². The van der Waals surface area contributed by atoms with E-state index in [2.05, 4.69) is 25.7 Å². The Bertz CT molecular complexity index is 1070. The van der Waals surface area contributed by atoms with Crippen LogP contribution in [0, 0.1) is 5.92 Å². The zero-order valence-electron chi connectivity index (χ0n) is 20.4. The summed E-state index contributed by atoms with van der Waals surface area (Å²) in [6, 6.07) is 6.97. The van der Waals surface area contributed by atoms with Gasteiger partial charge in [-0.2, -0.15) is 0 Å². The van der Waals surface area contributed by atoms with Crippen molar-refractivity contribution in [3.05, 3.63) is 53.0 Å². The number of aromatic nitrogens is 2.